The molecule has 2 atom stereocenters. The van der Waals surface area contributed by atoms with Crippen LogP contribution in [0, 0.1) is 12.8 Å². The van der Waals surface area contributed by atoms with Crippen LogP contribution in [0.4, 0.5) is 0 Å². The van der Waals surface area contributed by atoms with Gasteiger partial charge >= 0.3 is 0 Å². The Kier molecular flexibility index (Phi) is 2.83. The van der Waals surface area contributed by atoms with Crippen LogP contribution in [-0.2, 0) is 0 Å². The van der Waals surface area contributed by atoms with E-state index < -0.39 is 0 Å². The molecule has 0 heterocycles. The maximum atomic E-state index is 11.8. The monoisotopic (exact) mass is 267 g/mol. The molecule has 1 aromatic carbocycles. The minimum absolute atomic E-state index is 0.0359. The zero-order valence-corrected chi connectivity index (χ0v) is 10.5. The Morgan fingerprint density at radius 2 is 2.13 bits per heavy atom. The van der Waals surface area contributed by atoms with E-state index in [-0.39, 0.29) is 5.91 Å². The first-order valence-electron chi connectivity index (χ1n) is 5.14. The molecule has 0 bridgehead atoms. The number of carbonyl (C=O) groups excluding carboxylic acids is 1. The number of rotatable bonds is 2. The number of halogens is 1. The van der Waals surface area contributed by atoms with Gasteiger partial charge in [0.15, 0.2) is 0 Å². The quantitative estimate of drug-likeness (QED) is 0.877. The molecule has 2 unspecified atom stereocenters. The van der Waals surface area contributed by atoms with E-state index in [2.05, 4.69) is 28.2 Å². The number of amides is 1. The van der Waals surface area contributed by atoms with Crippen LogP contribution in [0.1, 0.15) is 29.3 Å². The van der Waals surface area contributed by atoms with E-state index >= 15 is 0 Å². The van der Waals surface area contributed by atoms with Gasteiger partial charge in [0, 0.05) is 16.1 Å². The molecule has 2 rings (SSSR count). The van der Waals surface area contributed by atoms with Crippen molar-refractivity contribution in [3.05, 3.63) is 33.8 Å². The number of aryl methyl sites for hydroxylation is 1. The summed E-state index contributed by atoms with van der Waals surface area (Å²) in [6.45, 7) is 4.14. The second-order valence-electron chi connectivity index (χ2n) is 4.31. The molecule has 1 aromatic rings. The Bertz CT molecular complexity index is 382. The number of nitrogens with one attached hydrogen (secondary N) is 1. The highest BCUT2D eigenvalue weighted by molar-refractivity contribution is 9.10. The maximum absolute atomic E-state index is 11.8. The summed E-state index contributed by atoms with van der Waals surface area (Å²) in [5.74, 6) is 0.677. The number of hydrogen-bond donors (Lipinski definition) is 1. The standard InChI is InChI=1S/C12H14BrNO/c1-7-3-9(6-10(13)4-7)12(15)14-11-5-8(11)2/h3-4,6,8,11H,5H2,1-2H3,(H,14,15). The largest absolute Gasteiger partial charge is 0.349 e. The zero-order valence-electron chi connectivity index (χ0n) is 8.88. The van der Waals surface area contributed by atoms with Gasteiger partial charge in [-0.15, -0.1) is 0 Å². The summed E-state index contributed by atoms with van der Waals surface area (Å²) in [4.78, 5) is 11.8. The van der Waals surface area contributed by atoms with Crippen molar-refractivity contribution in [1.82, 2.24) is 5.32 Å². The average Bonchev–Trinajstić information content (AvgIpc) is 2.79. The molecule has 0 saturated heterocycles. The van der Waals surface area contributed by atoms with Crippen LogP contribution in [0.2, 0.25) is 0 Å². The molecule has 80 valence electrons. The van der Waals surface area contributed by atoms with Gasteiger partial charge in [-0.05, 0) is 43.0 Å². The van der Waals surface area contributed by atoms with Crippen molar-refractivity contribution in [2.75, 3.05) is 0 Å². The molecule has 1 amide bonds. The average molecular weight is 268 g/mol. The summed E-state index contributed by atoms with van der Waals surface area (Å²) in [6.07, 6.45) is 1.11. The van der Waals surface area contributed by atoms with Gasteiger partial charge in [-0.2, -0.15) is 0 Å². The molecule has 1 aliphatic rings. The maximum Gasteiger partial charge on any atom is 0.251 e. The predicted octanol–water partition coefficient (Wildman–Crippen LogP) is 2.90. The fourth-order valence-electron chi connectivity index (χ4n) is 1.64. The Labute approximate surface area is 98.2 Å². The predicted molar refractivity (Wildman–Crippen MR) is 63.9 cm³/mol. The molecule has 1 saturated carbocycles. The van der Waals surface area contributed by atoms with Gasteiger partial charge in [0.05, 0.1) is 0 Å². The molecule has 0 aromatic heterocycles. The van der Waals surface area contributed by atoms with E-state index in [0.29, 0.717) is 12.0 Å². The first-order chi connectivity index (χ1) is 7.06. The first kappa shape index (κ1) is 10.7. The van der Waals surface area contributed by atoms with Crippen LogP contribution >= 0.6 is 15.9 Å². The van der Waals surface area contributed by atoms with Crippen molar-refractivity contribution in [3.8, 4) is 0 Å². The fourth-order valence-corrected chi connectivity index (χ4v) is 2.25. The van der Waals surface area contributed by atoms with Gasteiger partial charge < -0.3 is 5.32 Å². The highest BCUT2D eigenvalue weighted by Crippen LogP contribution is 2.29. The lowest BCUT2D eigenvalue weighted by Gasteiger charge is -2.05. The summed E-state index contributed by atoms with van der Waals surface area (Å²) in [5, 5.41) is 3.01. The summed E-state index contributed by atoms with van der Waals surface area (Å²) in [6, 6.07) is 6.15. The Morgan fingerprint density at radius 3 is 2.67 bits per heavy atom. The van der Waals surface area contributed by atoms with Gasteiger partial charge in [-0.1, -0.05) is 22.9 Å². The molecule has 2 nitrogen and oxygen atoms in total. The third-order valence-corrected chi connectivity index (χ3v) is 3.19. The summed E-state index contributed by atoms with van der Waals surface area (Å²) in [5.41, 5.74) is 1.83. The molecular weight excluding hydrogens is 254 g/mol. The topological polar surface area (TPSA) is 29.1 Å². The molecule has 0 aliphatic heterocycles. The fraction of sp³-hybridized carbons (Fsp3) is 0.417. The van der Waals surface area contributed by atoms with E-state index in [0.717, 1.165) is 22.0 Å². The van der Waals surface area contributed by atoms with E-state index in [1.54, 1.807) is 0 Å². The van der Waals surface area contributed by atoms with Crippen molar-refractivity contribution in [2.45, 2.75) is 26.3 Å². The smallest absolute Gasteiger partial charge is 0.251 e. The Morgan fingerprint density at radius 1 is 1.47 bits per heavy atom. The molecule has 0 radical (unpaired) electrons. The van der Waals surface area contributed by atoms with E-state index in [1.165, 1.54) is 0 Å². The zero-order chi connectivity index (χ0) is 11.0. The Hall–Kier alpha value is -0.830. The lowest BCUT2D eigenvalue weighted by atomic mass is 10.1. The minimum Gasteiger partial charge on any atom is -0.349 e. The van der Waals surface area contributed by atoms with Gasteiger partial charge in [-0.3, -0.25) is 4.79 Å². The number of carbonyl (C=O) groups is 1. The Balaban J connectivity index is 2.11. The molecule has 1 fully saturated rings. The molecule has 1 aliphatic carbocycles. The van der Waals surface area contributed by atoms with Gasteiger partial charge in [0.25, 0.3) is 5.91 Å². The summed E-state index contributed by atoms with van der Waals surface area (Å²) >= 11 is 3.39. The van der Waals surface area contributed by atoms with Crippen molar-refractivity contribution in [3.63, 3.8) is 0 Å². The number of hydrogen-bond acceptors (Lipinski definition) is 1. The van der Waals surface area contributed by atoms with E-state index in [1.807, 2.05) is 25.1 Å². The van der Waals surface area contributed by atoms with Gasteiger partial charge in [0.2, 0.25) is 0 Å². The van der Waals surface area contributed by atoms with Crippen molar-refractivity contribution < 1.29 is 4.79 Å². The van der Waals surface area contributed by atoms with E-state index in [9.17, 15) is 4.79 Å². The highest BCUT2D eigenvalue weighted by atomic mass is 79.9. The summed E-state index contributed by atoms with van der Waals surface area (Å²) in [7, 11) is 0. The highest BCUT2D eigenvalue weighted by Gasteiger charge is 2.33. The SMILES string of the molecule is Cc1cc(Br)cc(C(=O)NC2CC2C)c1. The molecule has 0 spiro atoms. The van der Waals surface area contributed by atoms with Crippen LogP contribution in [-0.4, -0.2) is 11.9 Å². The van der Waals surface area contributed by atoms with Crippen LogP contribution in [0.25, 0.3) is 0 Å². The van der Waals surface area contributed by atoms with Crippen molar-refractivity contribution >= 4 is 21.8 Å². The van der Waals surface area contributed by atoms with Crippen LogP contribution < -0.4 is 5.32 Å². The van der Waals surface area contributed by atoms with E-state index in [4.69, 9.17) is 0 Å². The van der Waals surface area contributed by atoms with Gasteiger partial charge in [0.1, 0.15) is 0 Å². The third-order valence-electron chi connectivity index (χ3n) is 2.73. The minimum atomic E-state index is 0.0359. The molecular formula is C12H14BrNO. The summed E-state index contributed by atoms with van der Waals surface area (Å²) < 4.78 is 0.955. The van der Waals surface area contributed by atoms with Crippen molar-refractivity contribution in [2.24, 2.45) is 5.92 Å². The number of benzene rings is 1. The van der Waals surface area contributed by atoms with Crippen LogP contribution in [0.5, 0.6) is 0 Å². The lowest BCUT2D eigenvalue weighted by Crippen LogP contribution is -2.26. The second kappa shape index (κ2) is 3.97. The van der Waals surface area contributed by atoms with Gasteiger partial charge in [-0.25, -0.2) is 0 Å². The lowest BCUT2D eigenvalue weighted by molar-refractivity contribution is 0.0949. The normalized spacial score (nSPS) is 23.7. The van der Waals surface area contributed by atoms with Crippen molar-refractivity contribution in [1.29, 1.82) is 0 Å². The molecule has 3 heteroatoms. The molecule has 1 N–H and O–H groups in total. The van der Waals surface area contributed by atoms with Crippen LogP contribution in [0.15, 0.2) is 22.7 Å². The van der Waals surface area contributed by atoms with Crippen LogP contribution in [0.3, 0.4) is 0 Å². The second-order valence-corrected chi connectivity index (χ2v) is 5.23. The first-order valence-corrected chi connectivity index (χ1v) is 5.93. The third kappa shape index (κ3) is 2.59. The molecule has 15 heavy (non-hydrogen) atoms.